The molecule has 0 unspecified atom stereocenters. The predicted molar refractivity (Wildman–Crippen MR) is 72.5 cm³/mol. The van der Waals surface area contributed by atoms with Crippen LogP contribution < -0.4 is 10.5 Å². The Morgan fingerprint density at radius 3 is 2.50 bits per heavy atom. The molecule has 0 bridgehead atoms. The quantitative estimate of drug-likeness (QED) is 0.902. The second kappa shape index (κ2) is 5.72. The smallest absolute Gasteiger partial charge is 0.356 e. The molecule has 3 N–H and O–H groups in total. The van der Waals surface area contributed by atoms with Gasteiger partial charge in [-0.05, 0) is 6.07 Å². The molecule has 5 nitrogen and oxygen atoms in total. The summed E-state index contributed by atoms with van der Waals surface area (Å²) in [6.07, 6.45) is 0. The number of benzene rings is 1. The minimum absolute atomic E-state index is 0.244. The Labute approximate surface area is 127 Å². The van der Waals surface area contributed by atoms with Crippen LogP contribution in [-0.2, 0) is 0 Å². The van der Waals surface area contributed by atoms with E-state index >= 15 is 0 Å². The van der Waals surface area contributed by atoms with Crippen molar-refractivity contribution in [2.75, 3.05) is 12.8 Å². The lowest BCUT2D eigenvalue weighted by molar-refractivity contribution is 0.0691. The van der Waals surface area contributed by atoms with E-state index in [0.29, 0.717) is 6.07 Å². The highest BCUT2D eigenvalue weighted by Crippen LogP contribution is 2.35. The van der Waals surface area contributed by atoms with E-state index < -0.39 is 46.1 Å². The molecule has 0 radical (unpaired) electrons. The maximum absolute atomic E-state index is 14.2. The van der Waals surface area contributed by atoms with Crippen LogP contribution in [0.3, 0.4) is 0 Å². The number of pyridine rings is 1. The number of nitrogen functional groups attached to an aromatic ring is 1. The Morgan fingerprint density at radius 1 is 1.32 bits per heavy atom. The molecule has 0 saturated heterocycles. The molecule has 9 heteroatoms. The van der Waals surface area contributed by atoms with Gasteiger partial charge in [0.1, 0.15) is 5.82 Å². The minimum Gasteiger partial charge on any atom is -0.491 e. The van der Waals surface area contributed by atoms with Gasteiger partial charge in [0.25, 0.3) is 0 Å². The number of anilines is 1. The third-order valence-corrected chi connectivity index (χ3v) is 3.17. The van der Waals surface area contributed by atoms with Crippen molar-refractivity contribution >= 4 is 23.3 Å². The molecule has 0 atom stereocenters. The lowest BCUT2D eigenvalue weighted by atomic mass is 10.1. The molecule has 0 aliphatic heterocycles. The van der Waals surface area contributed by atoms with E-state index in [-0.39, 0.29) is 10.7 Å². The van der Waals surface area contributed by atoms with Gasteiger partial charge >= 0.3 is 5.97 Å². The van der Waals surface area contributed by atoms with E-state index in [2.05, 4.69) is 9.72 Å². The van der Waals surface area contributed by atoms with Crippen molar-refractivity contribution < 1.29 is 27.8 Å². The maximum Gasteiger partial charge on any atom is 0.356 e. The molecule has 0 fully saturated rings. The average Bonchev–Trinajstić information content (AvgIpc) is 2.42. The molecule has 1 aromatic heterocycles. The lowest BCUT2D eigenvalue weighted by Gasteiger charge is -2.11. The summed E-state index contributed by atoms with van der Waals surface area (Å²) in [6, 6.07) is 1.37. The highest BCUT2D eigenvalue weighted by atomic mass is 35.5. The van der Waals surface area contributed by atoms with Crippen molar-refractivity contribution in [1.82, 2.24) is 4.98 Å². The first-order chi connectivity index (χ1) is 10.3. The first kappa shape index (κ1) is 15.9. The van der Waals surface area contributed by atoms with Gasteiger partial charge in [-0.1, -0.05) is 11.6 Å². The van der Waals surface area contributed by atoms with Crippen molar-refractivity contribution in [2.45, 2.75) is 0 Å². The third-order valence-electron chi connectivity index (χ3n) is 2.78. The van der Waals surface area contributed by atoms with Crippen LogP contribution in [-0.4, -0.2) is 23.2 Å². The number of aromatic carboxylic acids is 1. The van der Waals surface area contributed by atoms with Crippen LogP contribution in [0.1, 0.15) is 10.5 Å². The number of aromatic nitrogens is 1. The van der Waals surface area contributed by atoms with E-state index in [1.54, 1.807) is 0 Å². The van der Waals surface area contributed by atoms with Gasteiger partial charge in [0.2, 0.25) is 0 Å². The van der Waals surface area contributed by atoms with Crippen molar-refractivity contribution in [1.29, 1.82) is 0 Å². The molecule has 0 aliphatic carbocycles. The van der Waals surface area contributed by atoms with Gasteiger partial charge in [-0.15, -0.1) is 0 Å². The summed E-state index contributed by atoms with van der Waals surface area (Å²) in [6.45, 7) is 0. The highest BCUT2D eigenvalue weighted by Gasteiger charge is 2.24. The largest absolute Gasteiger partial charge is 0.491 e. The Balaban J connectivity index is 2.80. The van der Waals surface area contributed by atoms with Crippen molar-refractivity contribution in [2.24, 2.45) is 0 Å². The van der Waals surface area contributed by atoms with Gasteiger partial charge in [0, 0.05) is 6.07 Å². The average molecular weight is 333 g/mol. The zero-order valence-corrected chi connectivity index (χ0v) is 11.7. The van der Waals surface area contributed by atoms with Gasteiger partial charge in [0.05, 0.1) is 29.1 Å². The normalized spacial score (nSPS) is 10.6. The summed E-state index contributed by atoms with van der Waals surface area (Å²) in [7, 11) is 0.996. The fourth-order valence-corrected chi connectivity index (χ4v) is 1.99. The standard InChI is InChI=1S/C13H8ClF3N2O3/c1-22-12-5(16)2-4(15)8(10(12)17)7-3-6(18)9(14)11(19-7)13(20)21/h2-3H,1H3,(H2,18,19)(H,20,21). The first-order valence-corrected chi connectivity index (χ1v) is 6.06. The molecule has 116 valence electrons. The van der Waals surface area contributed by atoms with E-state index in [9.17, 15) is 18.0 Å². The van der Waals surface area contributed by atoms with Crippen molar-refractivity contribution in [3.05, 3.63) is 40.3 Å². The fourth-order valence-electron chi connectivity index (χ4n) is 1.81. The number of nitrogens with zero attached hydrogens (tertiary/aromatic N) is 1. The zero-order valence-electron chi connectivity index (χ0n) is 11.0. The van der Waals surface area contributed by atoms with Crippen LogP contribution in [0, 0.1) is 17.5 Å². The Hall–Kier alpha value is -2.48. The molecule has 2 rings (SSSR count). The molecular weight excluding hydrogens is 325 g/mol. The number of rotatable bonds is 3. The van der Waals surface area contributed by atoms with Crippen LogP contribution in [0.25, 0.3) is 11.3 Å². The Morgan fingerprint density at radius 2 is 1.95 bits per heavy atom. The molecule has 0 spiro atoms. The van der Waals surface area contributed by atoms with Crippen LogP contribution in [0.5, 0.6) is 5.75 Å². The van der Waals surface area contributed by atoms with Gasteiger partial charge in [0.15, 0.2) is 23.1 Å². The second-order valence-electron chi connectivity index (χ2n) is 4.13. The van der Waals surface area contributed by atoms with E-state index in [4.69, 9.17) is 22.4 Å². The van der Waals surface area contributed by atoms with Crippen LogP contribution in [0.2, 0.25) is 5.02 Å². The first-order valence-electron chi connectivity index (χ1n) is 5.69. The highest BCUT2D eigenvalue weighted by molar-refractivity contribution is 6.35. The van der Waals surface area contributed by atoms with Crippen molar-refractivity contribution in [3.63, 3.8) is 0 Å². The number of ether oxygens (including phenoxy) is 1. The maximum atomic E-state index is 14.2. The SMILES string of the molecule is COc1c(F)cc(F)c(-c2cc(N)c(Cl)c(C(=O)O)n2)c1F. The van der Waals surface area contributed by atoms with Gasteiger partial charge < -0.3 is 15.6 Å². The molecular formula is C13H8ClF3N2O3. The van der Waals surface area contributed by atoms with E-state index in [1.807, 2.05) is 0 Å². The summed E-state index contributed by atoms with van der Waals surface area (Å²) < 4.78 is 46.0. The van der Waals surface area contributed by atoms with Crippen LogP contribution in [0.4, 0.5) is 18.9 Å². The molecule has 2 aromatic rings. The van der Waals surface area contributed by atoms with Crippen LogP contribution in [0.15, 0.2) is 12.1 Å². The van der Waals surface area contributed by atoms with Crippen LogP contribution >= 0.6 is 11.6 Å². The summed E-state index contributed by atoms with van der Waals surface area (Å²) >= 11 is 5.67. The third kappa shape index (κ3) is 2.52. The van der Waals surface area contributed by atoms with E-state index in [1.165, 1.54) is 0 Å². The van der Waals surface area contributed by atoms with Gasteiger partial charge in [-0.2, -0.15) is 0 Å². The Bertz CT molecular complexity index is 784. The lowest BCUT2D eigenvalue weighted by Crippen LogP contribution is -2.07. The topological polar surface area (TPSA) is 85.4 Å². The number of methoxy groups -OCH3 is 1. The van der Waals surface area contributed by atoms with Crippen molar-refractivity contribution in [3.8, 4) is 17.0 Å². The van der Waals surface area contributed by atoms with Gasteiger partial charge in [-0.3, -0.25) is 0 Å². The monoisotopic (exact) mass is 332 g/mol. The summed E-state index contributed by atoms with van der Waals surface area (Å²) in [5.74, 6) is -6.27. The number of nitrogens with two attached hydrogens (primary N) is 1. The Kier molecular flexibility index (Phi) is 4.14. The number of hydrogen-bond acceptors (Lipinski definition) is 4. The number of halogens is 4. The number of carboxylic acids is 1. The number of hydrogen-bond donors (Lipinski definition) is 2. The molecule has 1 aromatic carbocycles. The molecule has 0 saturated carbocycles. The van der Waals surface area contributed by atoms with E-state index in [0.717, 1.165) is 13.2 Å². The summed E-state index contributed by atoms with van der Waals surface area (Å²) in [5.41, 5.74) is 3.36. The second-order valence-corrected chi connectivity index (χ2v) is 4.50. The fraction of sp³-hybridized carbons (Fsp3) is 0.0769. The molecule has 0 aliphatic rings. The number of carboxylic acid groups (broad SMARTS) is 1. The molecule has 0 amide bonds. The summed E-state index contributed by atoms with van der Waals surface area (Å²) in [4.78, 5) is 14.6. The zero-order chi connectivity index (χ0) is 16.6. The van der Waals surface area contributed by atoms with Gasteiger partial charge in [-0.25, -0.2) is 22.9 Å². The molecule has 1 heterocycles. The summed E-state index contributed by atoms with van der Waals surface area (Å²) in [5, 5.41) is 8.60. The molecule has 22 heavy (non-hydrogen) atoms. The number of carbonyl (C=O) groups is 1. The predicted octanol–water partition coefficient (Wildman–Crippen LogP) is 3.11. The minimum atomic E-state index is -1.53.